The fourth-order valence-corrected chi connectivity index (χ4v) is 1.86. The zero-order valence-corrected chi connectivity index (χ0v) is 12.6. The van der Waals surface area contributed by atoms with Crippen LogP contribution in [0.25, 0.3) is 11.0 Å². The van der Waals surface area contributed by atoms with Crippen molar-refractivity contribution >= 4 is 21.2 Å². The summed E-state index contributed by atoms with van der Waals surface area (Å²) in [5.41, 5.74) is 2.49. The Kier molecular flexibility index (Phi) is 4.27. The summed E-state index contributed by atoms with van der Waals surface area (Å²) in [4.78, 5) is 8.14. The van der Waals surface area contributed by atoms with Gasteiger partial charge >= 0.3 is 29.6 Å². The van der Waals surface area contributed by atoms with Crippen molar-refractivity contribution < 1.29 is 42.5 Å². The Labute approximate surface area is 121 Å². The van der Waals surface area contributed by atoms with Crippen LogP contribution in [0.1, 0.15) is 11.4 Å². The van der Waals surface area contributed by atoms with Crippen LogP contribution in [0.4, 0.5) is 0 Å². The standard InChI is InChI=1S/C10H10N2O3S.Na/c1-6-7(2)12-10-5-8(16(13,14)15)3-4-9(10)11-6;/h3-5H,1-2H3,(H,13,14,15);/q;+1/p-1. The van der Waals surface area contributed by atoms with Crippen LogP contribution in [0.3, 0.4) is 0 Å². The second kappa shape index (κ2) is 4.99. The number of hydrogen-bond donors (Lipinski definition) is 0. The van der Waals surface area contributed by atoms with Crippen LogP contribution >= 0.6 is 0 Å². The van der Waals surface area contributed by atoms with E-state index in [1.54, 1.807) is 6.92 Å². The third-order valence-electron chi connectivity index (χ3n) is 2.34. The molecular formula is C10H9N2NaO3S. The zero-order valence-electron chi connectivity index (χ0n) is 9.76. The molecule has 17 heavy (non-hydrogen) atoms. The van der Waals surface area contributed by atoms with Crippen LogP contribution in [0.5, 0.6) is 0 Å². The summed E-state index contributed by atoms with van der Waals surface area (Å²) < 4.78 is 32.5. The number of fused-ring (bicyclic) bond motifs is 1. The number of aromatic nitrogens is 2. The Morgan fingerprint density at radius 1 is 1.06 bits per heavy atom. The molecule has 0 aliphatic heterocycles. The summed E-state index contributed by atoms with van der Waals surface area (Å²) in [6, 6.07) is 3.98. The summed E-state index contributed by atoms with van der Waals surface area (Å²) >= 11 is 0. The van der Waals surface area contributed by atoms with Gasteiger partial charge in [-0.1, -0.05) is 0 Å². The van der Waals surface area contributed by atoms with Gasteiger partial charge in [-0.3, -0.25) is 0 Å². The second-order valence-corrected chi connectivity index (χ2v) is 4.88. The number of benzene rings is 1. The first-order chi connectivity index (χ1) is 7.38. The molecule has 0 fully saturated rings. The molecule has 84 valence electrons. The first-order valence-electron chi connectivity index (χ1n) is 4.59. The maximum absolute atomic E-state index is 10.8. The molecule has 0 radical (unpaired) electrons. The van der Waals surface area contributed by atoms with E-state index < -0.39 is 10.1 Å². The summed E-state index contributed by atoms with van der Waals surface area (Å²) in [7, 11) is -4.44. The molecule has 1 aromatic heterocycles. The van der Waals surface area contributed by atoms with Gasteiger partial charge < -0.3 is 4.55 Å². The summed E-state index contributed by atoms with van der Waals surface area (Å²) in [5, 5.41) is 0. The van der Waals surface area contributed by atoms with Crippen LogP contribution in [-0.4, -0.2) is 22.9 Å². The van der Waals surface area contributed by atoms with E-state index in [0.29, 0.717) is 16.7 Å². The molecular weight excluding hydrogens is 251 g/mol. The zero-order chi connectivity index (χ0) is 11.9. The molecule has 0 saturated carbocycles. The Bertz CT molecular complexity index is 671. The second-order valence-electron chi connectivity index (χ2n) is 3.50. The predicted molar refractivity (Wildman–Crippen MR) is 57.0 cm³/mol. The van der Waals surface area contributed by atoms with Gasteiger partial charge in [0.2, 0.25) is 0 Å². The van der Waals surface area contributed by atoms with E-state index in [1.807, 2.05) is 6.92 Å². The molecule has 0 bridgehead atoms. The molecule has 2 aromatic rings. The van der Waals surface area contributed by atoms with Crippen molar-refractivity contribution in [2.75, 3.05) is 0 Å². The third kappa shape index (κ3) is 3.02. The molecule has 0 spiro atoms. The van der Waals surface area contributed by atoms with E-state index in [4.69, 9.17) is 0 Å². The molecule has 0 unspecified atom stereocenters. The first-order valence-corrected chi connectivity index (χ1v) is 5.99. The Morgan fingerprint density at radius 2 is 1.59 bits per heavy atom. The van der Waals surface area contributed by atoms with E-state index >= 15 is 0 Å². The molecule has 7 heteroatoms. The maximum atomic E-state index is 10.8. The monoisotopic (exact) mass is 260 g/mol. The van der Waals surface area contributed by atoms with Crippen LogP contribution in [0, 0.1) is 13.8 Å². The molecule has 5 nitrogen and oxygen atoms in total. The van der Waals surface area contributed by atoms with E-state index in [2.05, 4.69) is 9.97 Å². The molecule has 0 aliphatic rings. The van der Waals surface area contributed by atoms with Crippen LogP contribution < -0.4 is 29.6 Å². The minimum atomic E-state index is -4.44. The third-order valence-corrected chi connectivity index (χ3v) is 3.17. The predicted octanol–water partition coefficient (Wildman–Crippen LogP) is -1.85. The van der Waals surface area contributed by atoms with E-state index in [9.17, 15) is 13.0 Å². The average Bonchev–Trinajstić information content (AvgIpc) is 2.17. The van der Waals surface area contributed by atoms with Crippen molar-refractivity contribution in [3.05, 3.63) is 29.6 Å². The topological polar surface area (TPSA) is 83.0 Å². The minimum Gasteiger partial charge on any atom is -0.744 e. The Hall–Kier alpha value is -0.530. The van der Waals surface area contributed by atoms with Crippen LogP contribution in [-0.2, 0) is 10.1 Å². The molecule has 0 atom stereocenters. The molecule has 0 amide bonds. The number of aryl methyl sites for hydroxylation is 2. The largest absolute Gasteiger partial charge is 1.00 e. The normalized spacial score (nSPS) is 11.2. The van der Waals surface area contributed by atoms with Crippen LogP contribution in [0.15, 0.2) is 23.1 Å². The van der Waals surface area contributed by atoms with Gasteiger partial charge in [-0.15, -0.1) is 0 Å². The van der Waals surface area contributed by atoms with E-state index in [-0.39, 0.29) is 34.5 Å². The SMILES string of the molecule is Cc1nc2ccc(S(=O)(=O)[O-])cc2nc1C.[Na+]. The Balaban J connectivity index is 0.00000144. The summed E-state index contributed by atoms with van der Waals surface area (Å²) in [6.45, 7) is 3.60. The molecule has 0 N–H and O–H groups in total. The fourth-order valence-electron chi connectivity index (χ4n) is 1.37. The van der Waals surface area contributed by atoms with E-state index in [0.717, 1.165) is 5.69 Å². The molecule has 0 saturated heterocycles. The van der Waals surface area contributed by atoms with Crippen molar-refractivity contribution in [2.24, 2.45) is 0 Å². The number of rotatable bonds is 1. The van der Waals surface area contributed by atoms with Gasteiger partial charge in [0, 0.05) is 0 Å². The van der Waals surface area contributed by atoms with E-state index in [1.165, 1.54) is 18.2 Å². The minimum absolute atomic E-state index is 0. The maximum Gasteiger partial charge on any atom is 1.00 e. The van der Waals surface area contributed by atoms with Gasteiger partial charge in [-0.25, -0.2) is 18.4 Å². The fraction of sp³-hybridized carbons (Fsp3) is 0.200. The van der Waals surface area contributed by atoms with Gasteiger partial charge in [-0.2, -0.15) is 0 Å². The molecule has 1 heterocycles. The van der Waals surface area contributed by atoms with Crippen molar-refractivity contribution in [3.8, 4) is 0 Å². The average molecular weight is 260 g/mol. The van der Waals surface area contributed by atoms with Gasteiger partial charge in [0.25, 0.3) is 0 Å². The molecule has 0 aliphatic carbocycles. The van der Waals surface area contributed by atoms with Crippen molar-refractivity contribution in [1.82, 2.24) is 9.97 Å². The molecule has 2 rings (SSSR count). The van der Waals surface area contributed by atoms with Crippen molar-refractivity contribution in [3.63, 3.8) is 0 Å². The van der Waals surface area contributed by atoms with Gasteiger partial charge in [0.1, 0.15) is 10.1 Å². The van der Waals surface area contributed by atoms with Gasteiger partial charge in [0.15, 0.2) is 0 Å². The van der Waals surface area contributed by atoms with Gasteiger partial charge in [-0.05, 0) is 32.0 Å². The quantitative estimate of drug-likeness (QED) is 0.444. The summed E-state index contributed by atoms with van der Waals surface area (Å²) in [6.07, 6.45) is 0. The van der Waals surface area contributed by atoms with Gasteiger partial charge in [0.05, 0.1) is 27.3 Å². The smallest absolute Gasteiger partial charge is 0.744 e. The van der Waals surface area contributed by atoms with Crippen molar-refractivity contribution in [2.45, 2.75) is 18.7 Å². The number of nitrogens with zero attached hydrogens (tertiary/aromatic N) is 2. The van der Waals surface area contributed by atoms with Crippen LogP contribution in [0.2, 0.25) is 0 Å². The molecule has 1 aromatic carbocycles. The first kappa shape index (κ1) is 14.5. The number of hydrogen-bond acceptors (Lipinski definition) is 5. The van der Waals surface area contributed by atoms with Crippen molar-refractivity contribution in [1.29, 1.82) is 0 Å². The Morgan fingerprint density at radius 3 is 2.12 bits per heavy atom. The summed E-state index contributed by atoms with van der Waals surface area (Å²) in [5.74, 6) is 0.